The topological polar surface area (TPSA) is 80.0 Å². The lowest BCUT2D eigenvalue weighted by molar-refractivity contribution is -0.117. The van der Waals surface area contributed by atoms with Crippen LogP contribution in [0.15, 0.2) is 82.5 Å². The third-order valence-corrected chi connectivity index (χ3v) is 6.81. The number of nitrogens with zero attached hydrogens (tertiary/aromatic N) is 1. The number of carbonyl (C=O) groups is 2. The van der Waals surface area contributed by atoms with Gasteiger partial charge < -0.3 is 14.3 Å². The Kier molecular flexibility index (Phi) is 5.79. The van der Waals surface area contributed by atoms with Gasteiger partial charge in [-0.2, -0.15) is 0 Å². The van der Waals surface area contributed by atoms with Gasteiger partial charge in [-0.05, 0) is 48.4 Å². The number of amides is 1. The summed E-state index contributed by atoms with van der Waals surface area (Å²) in [6.07, 6.45) is 0. The third kappa shape index (κ3) is 3.75. The molecule has 0 saturated carbocycles. The Bertz CT molecular complexity index is 1540. The second-order valence-corrected chi connectivity index (χ2v) is 8.93. The zero-order chi connectivity index (χ0) is 24.9. The van der Waals surface area contributed by atoms with Crippen molar-refractivity contribution >= 4 is 51.5 Å². The predicted octanol–water partition coefficient (Wildman–Crippen LogP) is 6.84. The molecule has 1 aliphatic heterocycles. The molecule has 0 bridgehead atoms. The van der Waals surface area contributed by atoms with E-state index in [-0.39, 0.29) is 16.4 Å². The number of carbonyl (C=O) groups excluding carboxylic acids is 2. The van der Waals surface area contributed by atoms with Gasteiger partial charge in [-0.15, -0.1) is 0 Å². The number of hydrogen-bond donors (Lipinski definition) is 1. The summed E-state index contributed by atoms with van der Waals surface area (Å²) in [6.45, 7) is 1.87. The number of ketones is 1. The van der Waals surface area contributed by atoms with Crippen molar-refractivity contribution in [2.75, 3.05) is 12.0 Å². The normalized spacial score (nSPS) is 15.8. The van der Waals surface area contributed by atoms with Gasteiger partial charge in [0.05, 0.1) is 28.8 Å². The molecule has 1 atom stereocenters. The Hall–Kier alpha value is -3.74. The van der Waals surface area contributed by atoms with Crippen LogP contribution >= 0.6 is 23.2 Å². The SMILES string of the molecule is COc1cccc2cc(C(=O)C3=C(O)C(=O)N(c4ccc(Cl)c(Cl)c4)C3c3ccccc3C)oc12. The van der Waals surface area contributed by atoms with Gasteiger partial charge in [-0.25, -0.2) is 0 Å². The summed E-state index contributed by atoms with van der Waals surface area (Å²) >= 11 is 12.3. The van der Waals surface area contributed by atoms with Crippen LogP contribution in [0.4, 0.5) is 5.69 Å². The maximum atomic E-state index is 13.8. The molecule has 6 nitrogen and oxygen atoms in total. The number of fused-ring (bicyclic) bond motifs is 1. The number of anilines is 1. The van der Waals surface area contributed by atoms with E-state index in [4.69, 9.17) is 32.4 Å². The first-order valence-corrected chi connectivity index (χ1v) is 11.5. The maximum Gasteiger partial charge on any atom is 0.294 e. The van der Waals surface area contributed by atoms with Crippen LogP contribution in [0.1, 0.15) is 27.7 Å². The number of hydrogen-bond acceptors (Lipinski definition) is 5. The number of ether oxygens (including phenoxy) is 1. The summed E-state index contributed by atoms with van der Waals surface area (Å²) < 4.78 is 11.2. The van der Waals surface area contributed by atoms with Crippen molar-refractivity contribution in [2.45, 2.75) is 13.0 Å². The first-order chi connectivity index (χ1) is 16.8. The Morgan fingerprint density at radius 2 is 1.80 bits per heavy atom. The molecule has 8 heteroatoms. The lowest BCUT2D eigenvalue weighted by Crippen LogP contribution is -2.31. The van der Waals surface area contributed by atoms with Crippen LogP contribution in [0.3, 0.4) is 0 Å². The van der Waals surface area contributed by atoms with Crippen LogP contribution in [-0.2, 0) is 4.79 Å². The van der Waals surface area contributed by atoms with Crippen LogP contribution in [0, 0.1) is 6.92 Å². The van der Waals surface area contributed by atoms with Crippen LogP contribution in [0.5, 0.6) is 5.75 Å². The van der Waals surface area contributed by atoms with Gasteiger partial charge in [0, 0.05) is 11.1 Å². The number of furan rings is 1. The van der Waals surface area contributed by atoms with Gasteiger partial charge >= 0.3 is 0 Å². The number of rotatable bonds is 5. The number of para-hydroxylation sites is 1. The monoisotopic (exact) mass is 507 g/mol. The lowest BCUT2D eigenvalue weighted by atomic mass is 9.92. The summed E-state index contributed by atoms with van der Waals surface area (Å²) in [4.78, 5) is 28.5. The number of halogens is 2. The Balaban J connectivity index is 1.69. The lowest BCUT2D eigenvalue weighted by Gasteiger charge is -2.28. The molecule has 176 valence electrons. The van der Waals surface area contributed by atoms with Gasteiger partial charge in [0.25, 0.3) is 5.91 Å². The molecule has 1 N–H and O–H groups in total. The first kappa shape index (κ1) is 23.0. The second-order valence-electron chi connectivity index (χ2n) is 8.11. The minimum Gasteiger partial charge on any atom is -0.503 e. The highest BCUT2D eigenvalue weighted by molar-refractivity contribution is 6.42. The molecular weight excluding hydrogens is 489 g/mol. The number of benzene rings is 3. The summed E-state index contributed by atoms with van der Waals surface area (Å²) in [5.41, 5.74) is 2.21. The number of Topliss-reactive ketones (excluding diaryl/α,β-unsaturated/α-hetero) is 1. The van der Waals surface area contributed by atoms with Crippen LogP contribution in [-0.4, -0.2) is 23.9 Å². The minimum absolute atomic E-state index is 0.0200. The van der Waals surface area contributed by atoms with Crippen LogP contribution < -0.4 is 9.64 Å². The molecule has 0 saturated heterocycles. The van der Waals surface area contributed by atoms with E-state index in [0.29, 0.717) is 33.0 Å². The fourth-order valence-electron chi connectivity index (χ4n) is 4.37. The van der Waals surface area contributed by atoms with Gasteiger partial charge in [0.1, 0.15) is 0 Å². The molecule has 2 heterocycles. The molecule has 1 amide bonds. The van der Waals surface area contributed by atoms with E-state index in [1.165, 1.54) is 18.1 Å². The van der Waals surface area contributed by atoms with Crippen molar-refractivity contribution < 1.29 is 23.8 Å². The zero-order valence-corrected chi connectivity index (χ0v) is 20.2. The molecule has 5 rings (SSSR count). The number of aliphatic hydroxyl groups is 1. The van der Waals surface area contributed by atoms with Crippen LogP contribution in [0.25, 0.3) is 11.0 Å². The van der Waals surface area contributed by atoms with E-state index in [1.807, 2.05) is 31.2 Å². The highest BCUT2D eigenvalue weighted by Gasteiger charge is 2.46. The quantitative estimate of drug-likeness (QED) is 0.299. The third-order valence-electron chi connectivity index (χ3n) is 6.07. The average molecular weight is 508 g/mol. The smallest absolute Gasteiger partial charge is 0.294 e. The Morgan fingerprint density at radius 1 is 1.03 bits per heavy atom. The van der Waals surface area contributed by atoms with E-state index in [0.717, 1.165) is 5.56 Å². The van der Waals surface area contributed by atoms with Crippen molar-refractivity contribution in [3.05, 3.63) is 105 Å². The zero-order valence-electron chi connectivity index (χ0n) is 18.7. The maximum absolute atomic E-state index is 13.8. The molecule has 0 fully saturated rings. The second kappa shape index (κ2) is 8.80. The molecule has 35 heavy (non-hydrogen) atoms. The summed E-state index contributed by atoms with van der Waals surface area (Å²) in [7, 11) is 1.51. The van der Waals surface area contributed by atoms with E-state index in [1.54, 1.807) is 36.4 Å². The fourth-order valence-corrected chi connectivity index (χ4v) is 4.66. The molecule has 0 aliphatic carbocycles. The van der Waals surface area contributed by atoms with Crippen molar-refractivity contribution in [3.63, 3.8) is 0 Å². The summed E-state index contributed by atoms with van der Waals surface area (Å²) in [5, 5.41) is 12.2. The van der Waals surface area contributed by atoms with Gasteiger partial charge in [0.15, 0.2) is 22.9 Å². The first-order valence-electron chi connectivity index (χ1n) is 10.7. The predicted molar refractivity (Wildman–Crippen MR) is 135 cm³/mol. The van der Waals surface area contributed by atoms with Crippen molar-refractivity contribution in [1.82, 2.24) is 0 Å². The van der Waals surface area contributed by atoms with Gasteiger partial charge in [0.2, 0.25) is 5.78 Å². The number of aliphatic hydroxyl groups excluding tert-OH is 1. The minimum atomic E-state index is -0.913. The van der Waals surface area contributed by atoms with E-state index in [9.17, 15) is 14.7 Å². The molecular formula is C27H19Cl2NO5. The van der Waals surface area contributed by atoms with Crippen molar-refractivity contribution in [3.8, 4) is 5.75 Å². The van der Waals surface area contributed by atoms with Crippen molar-refractivity contribution in [2.24, 2.45) is 0 Å². The largest absolute Gasteiger partial charge is 0.503 e. The van der Waals surface area contributed by atoms with Gasteiger partial charge in [-0.3, -0.25) is 14.5 Å². The number of aryl methyl sites for hydroxylation is 1. The molecule has 3 aromatic carbocycles. The van der Waals surface area contributed by atoms with Gasteiger partial charge in [-0.1, -0.05) is 59.6 Å². The molecule has 1 aliphatic rings. The molecule has 4 aromatic rings. The summed E-state index contributed by atoms with van der Waals surface area (Å²) in [6, 6.07) is 18.0. The van der Waals surface area contributed by atoms with Crippen LogP contribution in [0.2, 0.25) is 10.0 Å². The average Bonchev–Trinajstić information content (AvgIpc) is 3.40. The summed E-state index contributed by atoms with van der Waals surface area (Å²) in [5.74, 6) is -1.54. The molecule has 0 spiro atoms. The standard InChI is InChI=1S/C27H19Cl2NO5/c1-14-6-3-4-8-17(14)23-22(24(31)21-12-15-7-5-9-20(34-2)26(15)35-21)25(32)27(33)30(23)16-10-11-18(28)19(29)13-16/h3-13,23,32H,1-2H3. The van der Waals surface area contributed by atoms with Crippen molar-refractivity contribution in [1.29, 1.82) is 0 Å². The molecule has 1 aromatic heterocycles. The Morgan fingerprint density at radius 3 is 2.51 bits per heavy atom. The highest BCUT2D eigenvalue weighted by Crippen LogP contribution is 2.44. The molecule has 1 unspecified atom stereocenters. The molecule has 0 radical (unpaired) electrons. The fraction of sp³-hybridized carbons (Fsp3) is 0.111. The van der Waals surface area contributed by atoms with E-state index in [2.05, 4.69) is 0 Å². The Labute approximate surface area is 210 Å². The highest BCUT2D eigenvalue weighted by atomic mass is 35.5. The number of methoxy groups -OCH3 is 1. The van der Waals surface area contributed by atoms with E-state index < -0.39 is 23.5 Å². The van der Waals surface area contributed by atoms with E-state index >= 15 is 0 Å².